The summed E-state index contributed by atoms with van der Waals surface area (Å²) in [7, 11) is 0. The molecular formula is C24H30FN3O4. The van der Waals surface area contributed by atoms with E-state index >= 15 is 0 Å². The van der Waals surface area contributed by atoms with Crippen LogP contribution in [0.1, 0.15) is 38.7 Å². The third kappa shape index (κ3) is 4.27. The van der Waals surface area contributed by atoms with Crippen molar-refractivity contribution in [1.82, 2.24) is 15.5 Å². The van der Waals surface area contributed by atoms with Crippen LogP contribution in [-0.4, -0.2) is 54.1 Å². The minimum Gasteiger partial charge on any atom is -0.356 e. The van der Waals surface area contributed by atoms with Crippen molar-refractivity contribution < 1.29 is 23.6 Å². The molecule has 1 aromatic carbocycles. The summed E-state index contributed by atoms with van der Waals surface area (Å²) in [5.41, 5.74) is 0.698. The highest BCUT2D eigenvalue weighted by molar-refractivity contribution is 5.91. The molecule has 32 heavy (non-hydrogen) atoms. The van der Waals surface area contributed by atoms with Gasteiger partial charge in [0.1, 0.15) is 18.1 Å². The molecule has 3 amide bonds. The Morgan fingerprint density at radius 1 is 1.38 bits per heavy atom. The van der Waals surface area contributed by atoms with E-state index in [0.29, 0.717) is 32.2 Å². The van der Waals surface area contributed by atoms with E-state index in [1.165, 1.54) is 12.1 Å². The zero-order chi connectivity index (χ0) is 23.0. The van der Waals surface area contributed by atoms with Gasteiger partial charge in [-0.2, -0.15) is 0 Å². The fourth-order valence-corrected chi connectivity index (χ4v) is 5.52. The number of rotatable bonds is 8. The maximum absolute atomic E-state index is 13.4. The molecule has 5 atom stereocenters. The summed E-state index contributed by atoms with van der Waals surface area (Å²) in [5.74, 6) is -0.915. The van der Waals surface area contributed by atoms with Gasteiger partial charge < -0.3 is 20.3 Å². The molecule has 2 saturated heterocycles. The third-order valence-electron chi connectivity index (χ3n) is 7.51. The van der Waals surface area contributed by atoms with Gasteiger partial charge in [-0.05, 0) is 54.2 Å². The molecule has 0 spiro atoms. The number of hydrogen-bond donors (Lipinski definition) is 2. The Kier molecular flexibility index (Phi) is 6.05. The van der Waals surface area contributed by atoms with Gasteiger partial charge in [-0.15, -0.1) is 0 Å². The molecule has 2 aliphatic heterocycles. The lowest BCUT2D eigenvalue weighted by atomic mass is 9.97. The van der Waals surface area contributed by atoms with Crippen LogP contribution in [0.4, 0.5) is 4.39 Å². The van der Waals surface area contributed by atoms with Crippen molar-refractivity contribution in [1.29, 1.82) is 0 Å². The van der Waals surface area contributed by atoms with Gasteiger partial charge in [0.25, 0.3) is 0 Å². The Bertz CT molecular complexity index is 934. The first-order valence-electron chi connectivity index (χ1n) is 11.3. The first kappa shape index (κ1) is 22.4. The summed E-state index contributed by atoms with van der Waals surface area (Å²) in [6.45, 7) is 5.28. The van der Waals surface area contributed by atoms with Crippen LogP contribution in [0.2, 0.25) is 0 Å². The van der Waals surface area contributed by atoms with E-state index < -0.39 is 12.1 Å². The number of fused-ring (bicyclic) bond motifs is 1. The van der Waals surface area contributed by atoms with Crippen LogP contribution in [0.15, 0.2) is 24.3 Å². The van der Waals surface area contributed by atoms with Gasteiger partial charge in [-0.1, -0.05) is 26.0 Å². The molecule has 8 heteroatoms. The molecule has 3 fully saturated rings. The topological polar surface area (TPSA) is 95.6 Å². The summed E-state index contributed by atoms with van der Waals surface area (Å²) in [6, 6.07) is 4.77. The second kappa shape index (κ2) is 8.64. The summed E-state index contributed by atoms with van der Waals surface area (Å²) in [6.07, 6.45) is 2.16. The SMILES string of the molecule is CC1(C)[C@@H]2[C@H](C(=O)N[C@H](C=O)C[C@@H]3CCNC3=O)N(C(=O)CCc3cccc(F)c3)C[C@@H]21. The lowest BCUT2D eigenvalue weighted by molar-refractivity contribution is -0.141. The van der Waals surface area contributed by atoms with Crippen molar-refractivity contribution in [3.8, 4) is 0 Å². The fraction of sp³-hybridized carbons (Fsp3) is 0.583. The number of benzene rings is 1. The highest BCUT2D eigenvalue weighted by atomic mass is 19.1. The standard InChI is InChI=1S/C24H30FN3O4/c1-24(2)18-12-28(19(30)7-6-14-4-3-5-16(25)10-14)21(20(18)24)23(32)27-17(13-29)11-15-8-9-26-22(15)31/h3-5,10,13,15,17-18,20-21H,6-9,11-12H2,1-2H3,(H,26,31)(H,27,32)/t15-,17-,18-,20-,21+/m0/s1. The monoisotopic (exact) mass is 443 g/mol. The molecule has 1 aromatic rings. The van der Waals surface area contributed by atoms with Crippen molar-refractivity contribution in [3.05, 3.63) is 35.6 Å². The van der Waals surface area contributed by atoms with Crippen LogP contribution in [0.25, 0.3) is 0 Å². The number of amides is 3. The number of hydrogen-bond acceptors (Lipinski definition) is 4. The average Bonchev–Trinajstić information content (AvgIpc) is 3.12. The van der Waals surface area contributed by atoms with E-state index in [-0.39, 0.29) is 59.5 Å². The first-order valence-corrected chi connectivity index (χ1v) is 11.3. The van der Waals surface area contributed by atoms with Crippen LogP contribution >= 0.6 is 0 Å². The smallest absolute Gasteiger partial charge is 0.243 e. The van der Waals surface area contributed by atoms with Gasteiger partial charge in [0.15, 0.2) is 0 Å². The van der Waals surface area contributed by atoms with Gasteiger partial charge in [-0.3, -0.25) is 14.4 Å². The fourth-order valence-electron chi connectivity index (χ4n) is 5.52. The second-order valence-corrected chi connectivity index (χ2v) is 9.84. The quantitative estimate of drug-likeness (QED) is 0.595. The maximum atomic E-state index is 13.4. The minimum absolute atomic E-state index is 0.0383. The molecule has 2 heterocycles. The molecule has 0 unspecified atom stereocenters. The first-order chi connectivity index (χ1) is 15.2. The number of piperidine rings is 1. The lowest BCUT2D eigenvalue weighted by Crippen LogP contribution is -2.52. The van der Waals surface area contributed by atoms with Crippen LogP contribution in [0.3, 0.4) is 0 Å². The zero-order valence-electron chi connectivity index (χ0n) is 18.5. The molecule has 3 aliphatic rings. The maximum Gasteiger partial charge on any atom is 0.243 e. The molecule has 172 valence electrons. The Labute approximate surface area is 187 Å². The highest BCUT2D eigenvalue weighted by Gasteiger charge is 2.69. The van der Waals surface area contributed by atoms with E-state index in [9.17, 15) is 23.6 Å². The average molecular weight is 444 g/mol. The molecule has 0 radical (unpaired) electrons. The van der Waals surface area contributed by atoms with Gasteiger partial charge in [0, 0.05) is 25.4 Å². The Morgan fingerprint density at radius 2 is 2.16 bits per heavy atom. The van der Waals surface area contributed by atoms with E-state index in [4.69, 9.17) is 0 Å². The number of nitrogens with one attached hydrogen (secondary N) is 2. The van der Waals surface area contributed by atoms with Gasteiger partial charge in [0.05, 0.1) is 6.04 Å². The Hall–Kier alpha value is -2.77. The number of carbonyl (C=O) groups is 4. The zero-order valence-corrected chi connectivity index (χ0v) is 18.5. The predicted octanol–water partition coefficient (Wildman–Crippen LogP) is 1.45. The Morgan fingerprint density at radius 3 is 2.81 bits per heavy atom. The van der Waals surface area contributed by atoms with Crippen LogP contribution in [0, 0.1) is 29.0 Å². The van der Waals surface area contributed by atoms with Gasteiger partial charge >= 0.3 is 0 Å². The normalized spacial score (nSPS) is 28.6. The number of aryl methyl sites for hydroxylation is 1. The van der Waals surface area contributed by atoms with Gasteiger partial charge in [0.2, 0.25) is 17.7 Å². The van der Waals surface area contributed by atoms with Crippen molar-refractivity contribution in [3.63, 3.8) is 0 Å². The summed E-state index contributed by atoms with van der Waals surface area (Å²) in [5, 5.41) is 5.53. The van der Waals surface area contributed by atoms with E-state index in [1.54, 1.807) is 17.0 Å². The molecular weight excluding hydrogens is 413 g/mol. The molecule has 1 saturated carbocycles. The number of aldehydes is 1. The predicted molar refractivity (Wildman–Crippen MR) is 115 cm³/mol. The van der Waals surface area contributed by atoms with E-state index in [1.807, 2.05) is 0 Å². The minimum atomic E-state index is -0.762. The lowest BCUT2D eigenvalue weighted by Gasteiger charge is -2.31. The van der Waals surface area contributed by atoms with Crippen molar-refractivity contribution in [2.45, 2.75) is 51.6 Å². The van der Waals surface area contributed by atoms with E-state index in [2.05, 4.69) is 24.5 Å². The third-order valence-corrected chi connectivity index (χ3v) is 7.51. The van der Waals surface area contributed by atoms with Crippen LogP contribution in [0.5, 0.6) is 0 Å². The summed E-state index contributed by atoms with van der Waals surface area (Å²) >= 11 is 0. The largest absolute Gasteiger partial charge is 0.356 e. The summed E-state index contributed by atoms with van der Waals surface area (Å²) < 4.78 is 13.4. The van der Waals surface area contributed by atoms with E-state index in [0.717, 1.165) is 5.56 Å². The number of likely N-dealkylation sites (tertiary alicyclic amines) is 1. The molecule has 7 nitrogen and oxygen atoms in total. The molecule has 4 rings (SSSR count). The van der Waals surface area contributed by atoms with Crippen LogP contribution in [-0.2, 0) is 25.6 Å². The van der Waals surface area contributed by atoms with Crippen molar-refractivity contribution >= 4 is 24.0 Å². The number of nitrogens with zero attached hydrogens (tertiary/aromatic N) is 1. The van der Waals surface area contributed by atoms with Crippen molar-refractivity contribution in [2.24, 2.45) is 23.2 Å². The summed E-state index contributed by atoms with van der Waals surface area (Å²) in [4.78, 5) is 51.3. The number of halogens is 1. The molecule has 0 bridgehead atoms. The molecule has 0 aromatic heterocycles. The van der Waals surface area contributed by atoms with Gasteiger partial charge in [-0.25, -0.2) is 4.39 Å². The molecule has 2 N–H and O–H groups in total. The second-order valence-electron chi connectivity index (χ2n) is 9.84. The van der Waals surface area contributed by atoms with Crippen molar-refractivity contribution in [2.75, 3.05) is 13.1 Å². The highest BCUT2D eigenvalue weighted by Crippen LogP contribution is 2.64. The Balaban J connectivity index is 1.41. The van der Waals surface area contributed by atoms with Crippen LogP contribution < -0.4 is 10.6 Å². The molecule has 1 aliphatic carbocycles. The number of carbonyl (C=O) groups excluding carboxylic acids is 4.